The zero-order valence-electron chi connectivity index (χ0n) is 22.7. The molecule has 204 valence electrons. The van der Waals surface area contributed by atoms with Gasteiger partial charge in [-0.2, -0.15) is 0 Å². The number of carboxylic acid groups (broad SMARTS) is 1. The summed E-state index contributed by atoms with van der Waals surface area (Å²) in [6, 6.07) is 9.35. The molecule has 0 spiro atoms. The number of nitrogens with one attached hydrogen (secondary N) is 1. The Morgan fingerprint density at radius 3 is 2.59 bits per heavy atom. The smallest absolute Gasteiger partial charge is 0.415 e. The molecule has 2 aliphatic rings. The van der Waals surface area contributed by atoms with Crippen molar-refractivity contribution in [3.8, 4) is 5.88 Å². The van der Waals surface area contributed by atoms with Crippen molar-refractivity contribution in [2.45, 2.75) is 52.7 Å². The van der Waals surface area contributed by atoms with E-state index in [0.29, 0.717) is 37.1 Å². The lowest BCUT2D eigenvalue weighted by Crippen LogP contribution is -2.42. The first-order valence-corrected chi connectivity index (χ1v) is 13.0. The van der Waals surface area contributed by atoms with Crippen molar-refractivity contribution < 1.29 is 24.2 Å². The summed E-state index contributed by atoms with van der Waals surface area (Å²) in [4.78, 5) is 37.0. The normalized spacial score (nSPS) is 14.7. The van der Waals surface area contributed by atoms with E-state index in [-0.39, 0.29) is 6.42 Å². The third kappa shape index (κ3) is 5.89. The van der Waals surface area contributed by atoms with Crippen LogP contribution >= 0.6 is 0 Å². The van der Waals surface area contributed by atoms with Crippen LogP contribution in [0.15, 0.2) is 42.7 Å². The van der Waals surface area contributed by atoms with Gasteiger partial charge in [-0.1, -0.05) is 12.1 Å². The summed E-state index contributed by atoms with van der Waals surface area (Å²) in [7, 11) is 0. The number of benzene rings is 1. The van der Waals surface area contributed by atoms with Gasteiger partial charge in [-0.25, -0.2) is 14.8 Å². The molecule has 2 aliphatic heterocycles. The highest BCUT2D eigenvalue weighted by Gasteiger charge is 2.32. The third-order valence-electron chi connectivity index (χ3n) is 6.70. The second-order valence-electron chi connectivity index (χ2n) is 10.8. The van der Waals surface area contributed by atoms with Crippen molar-refractivity contribution in [2.24, 2.45) is 0 Å². The van der Waals surface area contributed by atoms with Crippen molar-refractivity contribution in [3.63, 3.8) is 0 Å². The summed E-state index contributed by atoms with van der Waals surface area (Å²) in [6.45, 7) is 9.77. The van der Waals surface area contributed by atoms with Crippen molar-refractivity contribution in [2.75, 3.05) is 34.8 Å². The number of carboxylic acids is 1. The minimum absolute atomic E-state index is 0.00810. The number of pyridine rings is 2. The lowest BCUT2D eigenvalue weighted by atomic mass is 10.0. The van der Waals surface area contributed by atoms with Crippen molar-refractivity contribution >= 4 is 34.9 Å². The van der Waals surface area contributed by atoms with Gasteiger partial charge in [-0.3, -0.25) is 9.69 Å². The Morgan fingerprint density at radius 1 is 1.10 bits per heavy atom. The Bertz CT molecular complexity index is 1400. The SMILES string of the molecule is Cc1c(N2CCc3cnc(Nc4ccc(CC(=O)O)cc4)cc3C2)cnc2c1N(C(=O)OC(C)(C)C)CCO2. The highest BCUT2D eigenvalue weighted by Crippen LogP contribution is 2.40. The molecule has 0 unspecified atom stereocenters. The van der Waals surface area contributed by atoms with E-state index in [9.17, 15) is 9.59 Å². The van der Waals surface area contributed by atoms with E-state index in [0.717, 1.165) is 41.0 Å². The van der Waals surface area contributed by atoms with E-state index in [4.69, 9.17) is 14.6 Å². The predicted octanol–water partition coefficient (Wildman–Crippen LogP) is 4.85. The van der Waals surface area contributed by atoms with E-state index in [1.54, 1.807) is 17.0 Å². The zero-order chi connectivity index (χ0) is 27.7. The fraction of sp³-hybridized carbons (Fsp3) is 0.379. The molecule has 5 rings (SSSR count). The highest BCUT2D eigenvalue weighted by molar-refractivity contribution is 5.92. The molecule has 10 nitrogen and oxygen atoms in total. The molecule has 4 heterocycles. The molecule has 0 atom stereocenters. The van der Waals surface area contributed by atoms with Crippen LogP contribution in [0, 0.1) is 6.92 Å². The monoisotopic (exact) mass is 531 g/mol. The minimum Gasteiger partial charge on any atom is -0.481 e. The average molecular weight is 532 g/mol. The molecule has 3 aromatic rings. The first-order chi connectivity index (χ1) is 18.6. The second kappa shape index (κ2) is 10.4. The van der Waals surface area contributed by atoms with Crippen LogP contribution < -0.4 is 19.9 Å². The van der Waals surface area contributed by atoms with Crippen LogP contribution in [0.3, 0.4) is 0 Å². The molecule has 1 amide bonds. The number of aliphatic carboxylic acids is 1. The van der Waals surface area contributed by atoms with Gasteiger partial charge in [0.25, 0.3) is 0 Å². The first-order valence-electron chi connectivity index (χ1n) is 13.0. The van der Waals surface area contributed by atoms with E-state index >= 15 is 0 Å². The summed E-state index contributed by atoms with van der Waals surface area (Å²) in [5, 5.41) is 12.3. The number of fused-ring (bicyclic) bond motifs is 2. The quantitative estimate of drug-likeness (QED) is 0.476. The summed E-state index contributed by atoms with van der Waals surface area (Å²) >= 11 is 0. The number of anilines is 4. The van der Waals surface area contributed by atoms with Crippen molar-refractivity contribution in [3.05, 3.63) is 65.0 Å². The van der Waals surface area contributed by atoms with Crippen LogP contribution in [-0.2, 0) is 28.9 Å². The van der Waals surface area contributed by atoms with Gasteiger partial charge >= 0.3 is 12.1 Å². The molecule has 2 N–H and O–H groups in total. The summed E-state index contributed by atoms with van der Waals surface area (Å²) in [5.74, 6) is 0.299. The fourth-order valence-electron chi connectivity index (χ4n) is 4.89. The lowest BCUT2D eigenvalue weighted by molar-refractivity contribution is -0.136. The van der Waals surface area contributed by atoms with Gasteiger partial charge in [0.1, 0.15) is 23.7 Å². The zero-order valence-corrected chi connectivity index (χ0v) is 22.7. The van der Waals surface area contributed by atoms with Gasteiger partial charge in [-0.15, -0.1) is 0 Å². The molecule has 2 aromatic heterocycles. The number of carbonyl (C=O) groups excluding carboxylic acids is 1. The maximum absolute atomic E-state index is 13.0. The third-order valence-corrected chi connectivity index (χ3v) is 6.70. The summed E-state index contributed by atoms with van der Waals surface area (Å²) in [6.07, 6.45) is 4.14. The highest BCUT2D eigenvalue weighted by atomic mass is 16.6. The molecule has 0 saturated heterocycles. The largest absolute Gasteiger partial charge is 0.481 e. The van der Waals surface area contributed by atoms with Crippen molar-refractivity contribution in [1.29, 1.82) is 0 Å². The molecule has 0 radical (unpaired) electrons. The van der Waals surface area contributed by atoms with E-state index < -0.39 is 17.7 Å². The van der Waals surface area contributed by atoms with Crippen LogP contribution in [0.2, 0.25) is 0 Å². The topological polar surface area (TPSA) is 117 Å². The molecule has 0 bridgehead atoms. The van der Waals surface area contributed by atoms with Gasteiger partial charge in [0.2, 0.25) is 5.88 Å². The number of amides is 1. The number of aromatic nitrogens is 2. The predicted molar refractivity (Wildman–Crippen MR) is 148 cm³/mol. The molecule has 39 heavy (non-hydrogen) atoms. The Balaban J connectivity index is 1.36. The van der Waals surface area contributed by atoms with Crippen LogP contribution in [0.1, 0.15) is 43.0 Å². The van der Waals surface area contributed by atoms with Crippen molar-refractivity contribution in [1.82, 2.24) is 9.97 Å². The molecule has 0 aliphatic carbocycles. The number of hydrogen-bond acceptors (Lipinski definition) is 8. The number of carbonyl (C=O) groups is 2. The fourth-order valence-corrected chi connectivity index (χ4v) is 4.89. The number of nitrogens with zero attached hydrogens (tertiary/aromatic N) is 4. The molecule has 1 aromatic carbocycles. The van der Waals surface area contributed by atoms with Gasteiger partial charge < -0.3 is 24.8 Å². The molecular formula is C29H33N5O5. The van der Waals surface area contributed by atoms with Gasteiger partial charge in [0.05, 0.1) is 24.8 Å². The standard InChI is InChI=1S/C29H33N5O5/c1-18-23(16-31-27-26(18)34(11-12-38-27)28(37)39-29(2,3)4)33-10-9-20-15-30-24(14-21(20)17-33)32-22-7-5-19(6-8-22)13-25(35)36/h5-8,14-16H,9-13,17H2,1-4H3,(H,30,32)(H,35,36). The number of ether oxygens (including phenoxy) is 2. The maximum atomic E-state index is 13.0. The van der Waals surface area contributed by atoms with E-state index in [2.05, 4.69) is 20.2 Å². The summed E-state index contributed by atoms with van der Waals surface area (Å²) < 4.78 is 11.4. The summed E-state index contributed by atoms with van der Waals surface area (Å²) in [5.41, 5.74) is 5.83. The number of hydrogen-bond donors (Lipinski definition) is 2. The Labute approximate surface area is 227 Å². The maximum Gasteiger partial charge on any atom is 0.415 e. The molecule has 10 heteroatoms. The van der Waals surface area contributed by atoms with Crippen LogP contribution in [-0.4, -0.2) is 52.4 Å². The van der Waals surface area contributed by atoms with Crippen LogP contribution in [0.4, 0.5) is 27.7 Å². The Hall–Kier alpha value is -4.34. The molecule has 0 saturated carbocycles. The first kappa shape index (κ1) is 26.3. The van der Waals surface area contributed by atoms with E-state index in [1.807, 2.05) is 58.3 Å². The Morgan fingerprint density at radius 2 is 1.87 bits per heavy atom. The minimum atomic E-state index is -0.856. The van der Waals surface area contributed by atoms with Gasteiger partial charge in [0.15, 0.2) is 0 Å². The lowest BCUT2D eigenvalue weighted by Gasteiger charge is -2.35. The second-order valence-corrected chi connectivity index (χ2v) is 10.8. The van der Waals surface area contributed by atoms with Crippen LogP contribution in [0.25, 0.3) is 0 Å². The van der Waals surface area contributed by atoms with Crippen LogP contribution in [0.5, 0.6) is 5.88 Å². The average Bonchev–Trinajstić information content (AvgIpc) is 2.88. The Kier molecular flexibility index (Phi) is 7.03. The number of rotatable bonds is 5. The molecule has 0 fully saturated rings. The van der Waals surface area contributed by atoms with E-state index in [1.165, 1.54) is 5.56 Å². The van der Waals surface area contributed by atoms with Gasteiger partial charge in [0, 0.05) is 30.5 Å². The molecular weight excluding hydrogens is 498 g/mol. The van der Waals surface area contributed by atoms with Gasteiger partial charge in [-0.05, 0) is 69.0 Å².